The van der Waals surface area contributed by atoms with Crippen LogP contribution >= 0.6 is 0 Å². The number of ether oxygens (including phenoxy) is 3. The molecule has 140 valence electrons. The first-order chi connectivity index (χ1) is 11.2. The van der Waals surface area contributed by atoms with E-state index in [0.29, 0.717) is 13.2 Å². The fraction of sp³-hybridized carbons (Fsp3) is 1.00. The van der Waals surface area contributed by atoms with Crippen LogP contribution in [0.2, 0.25) is 0 Å². The molecule has 0 amide bonds. The van der Waals surface area contributed by atoms with Crippen LogP contribution in [0, 0.1) is 0 Å². The Morgan fingerprint density at radius 2 is 1.35 bits per heavy atom. The van der Waals surface area contributed by atoms with Gasteiger partial charge in [0.15, 0.2) is 0 Å². The maximum Gasteiger partial charge on any atom is 0.102 e. The quantitative estimate of drug-likeness (QED) is 0.224. The van der Waals surface area contributed by atoms with Gasteiger partial charge in [0, 0.05) is 33.3 Å². The lowest BCUT2D eigenvalue weighted by Crippen LogP contribution is -2.52. The molecule has 0 heterocycles. The highest BCUT2D eigenvalue weighted by molar-refractivity contribution is 4.50. The summed E-state index contributed by atoms with van der Waals surface area (Å²) in [5, 5.41) is 9.72. The van der Waals surface area contributed by atoms with Gasteiger partial charge in [0.05, 0.1) is 46.6 Å². The molecule has 23 heavy (non-hydrogen) atoms. The summed E-state index contributed by atoms with van der Waals surface area (Å²) < 4.78 is 17.3. The molecule has 7 nitrogen and oxygen atoms in total. The van der Waals surface area contributed by atoms with Gasteiger partial charge in [-0.15, -0.1) is 0 Å². The van der Waals surface area contributed by atoms with Crippen LogP contribution in [-0.2, 0) is 14.2 Å². The molecule has 0 aliphatic rings. The Morgan fingerprint density at radius 3 is 1.96 bits per heavy atom. The number of hydrogen-bond acceptors (Lipinski definition) is 6. The van der Waals surface area contributed by atoms with Gasteiger partial charge in [0.1, 0.15) is 13.1 Å². The average molecular weight is 336 g/mol. The third-order valence-corrected chi connectivity index (χ3v) is 3.86. The summed E-state index contributed by atoms with van der Waals surface area (Å²) in [5.41, 5.74) is 0. The standard InChI is InChI=1S/C16H39N4O3/c1-17-5-6-19-7-9-20(3,10-13-22-12-8-18-2)11-14-23-16-15-21-4/h17-19H,5-16H2,1-4H3/q+1. The van der Waals surface area contributed by atoms with E-state index in [4.69, 9.17) is 14.2 Å². The minimum absolute atomic E-state index is 0.655. The zero-order valence-corrected chi connectivity index (χ0v) is 15.7. The molecule has 0 radical (unpaired) electrons. The molecule has 0 spiro atoms. The summed E-state index contributed by atoms with van der Waals surface area (Å²) in [6.45, 7) is 10.6. The first-order valence-corrected chi connectivity index (χ1v) is 8.66. The normalized spacial score (nSPS) is 14.1. The highest BCUT2D eigenvalue weighted by Gasteiger charge is 2.20. The van der Waals surface area contributed by atoms with Crippen molar-refractivity contribution in [2.24, 2.45) is 0 Å². The molecule has 0 fully saturated rings. The van der Waals surface area contributed by atoms with Crippen molar-refractivity contribution in [3.8, 4) is 0 Å². The van der Waals surface area contributed by atoms with Crippen molar-refractivity contribution >= 4 is 0 Å². The van der Waals surface area contributed by atoms with Crippen molar-refractivity contribution in [2.75, 3.05) is 107 Å². The first-order valence-electron chi connectivity index (χ1n) is 8.66. The van der Waals surface area contributed by atoms with E-state index in [1.165, 1.54) is 0 Å². The van der Waals surface area contributed by atoms with Crippen molar-refractivity contribution in [1.29, 1.82) is 0 Å². The molecular formula is C16H39N4O3+. The maximum absolute atomic E-state index is 5.69. The van der Waals surface area contributed by atoms with Crippen molar-refractivity contribution in [3.05, 3.63) is 0 Å². The monoisotopic (exact) mass is 335 g/mol. The number of methoxy groups -OCH3 is 1. The van der Waals surface area contributed by atoms with Crippen molar-refractivity contribution < 1.29 is 18.7 Å². The van der Waals surface area contributed by atoms with E-state index >= 15 is 0 Å². The van der Waals surface area contributed by atoms with E-state index in [2.05, 4.69) is 23.0 Å². The highest BCUT2D eigenvalue weighted by atomic mass is 16.5. The zero-order valence-electron chi connectivity index (χ0n) is 15.7. The summed E-state index contributed by atoms with van der Waals surface area (Å²) in [6, 6.07) is 0. The predicted octanol–water partition coefficient (Wildman–Crippen LogP) is -0.859. The second-order valence-electron chi connectivity index (χ2n) is 5.96. The molecule has 7 heteroatoms. The van der Waals surface area contributed by atoms with Crippen LogP contribution in [0.5, 0.6) is 0 Å². The van der Waals surface area contributed by atoms with Crippen molar-refractivity contribution in [3.63, 3.8) is 0 Å². The Labute approximate surface area is 142 Å². The van der Waals surface area contributed by atoms with Crippen LogP contribution in [0.15, 0.2) is 0 Å². The number of likely N-dealkylation sites (N-methyl/N-ethyl adjacent to an activating group) is 3. The van der Waals surface area contributed by atoms with Crippen LogP contribution in [0.25, 0.3) is 0 Å². The fourth-order valence-electron chi connectivity index (χ4n) is 2.11. The topological polar surface area (TPSA) is 63.8 Å². The van der Waals surface area contributed by atoms with Crippen molar-refractivity contribution in [1.82, 2.24) is 16.0 Å². The number of nitrogens with zero attached hydrogens (tertiary/aromatic N) is 1. The lowest BCUT2D eigenvalue weighted by molar-refractivity contribution is -0.909. The van der Waals surface area contributed by atoms with Gasteiger partial charge < -0.3 is 34.6 Å². The molecule has 1 unspecified atom stereocenters. The largest absolute Gasteiger partial charge is 0.382 e. The smallest absolute Gasteiger partial charge is 0.102 e. The van der Waals surface area contributed by atoms with Crippen LogP contribution in [0.4, 0.5) is 0 Å². The van der Waals surface area contributed by atoms with Crippen molar-refractivity contribution in [2.45, 2.75) is 0 Å². The third kappa shape index (κ3) is 15.0. The summed E-state index contributed by atoms with van der Waals surface area (Å²) in [4.78, 5) is 0. The summed E-state index contributed by atoms with van der Waals surface area (Å²) in [7, 11) is 7.89. The van der Waals surface area contributed by atoms with E-state index in [1.807, 2.05) is 14.1 Å². The zero-order chi connectivity index (χ0) is 17.2. The minimum Gasteiger partial charge on any atom is -0.382 e. The van der Waals surface area contributed by atoms with E-state index in [1.54, 1.807) is 7.11 Å². The number of quaternary nitrogens is 1. The predicted molar refractivity (Wildman–Crippen MR) is 95.0 cm³/mol. The fourth-order valence-corrected chi connectivity index (χ4v) is 2.11. The summed E-state index contributed by atoms with van der Waals surface area (Å²) in [6.07, 6.45) is 0. The Balaban J connectivity index is 4.00. The van der Waals surface area contributed by atoms with Gasteiger partial charge in [-0.2, -0.15) is 0 Å². The van der Waals surface area contributed by atoms with Gasteiger partial charge >= 0.3 is 0 Å². The Morgan fingerprint density at radius 1 is 0.696 bits per heavy atom. The molecule has 0 aliphatic carbocycles. The van der Waals surface area contributed by atoms with E-state index in [9.17, 15) is 0 Å². The van der Waals surface area contributed by atoms with E-state index in [0.717, 1.165) is 70.1 Å². The summed E-state index contributed by atoms with van der Waals surface area (Å²) in [5.74, 6) is 0. The van der Waals surface area contributed by atoms with Gasteiger partial charge in [-0.3, -0.25) is 0 Å². The molecule has 0 aliphatic heterocycles. The number of hydrogen-bond donors (Lipinski definition) is 3. The molecule has 0 saturated carbocycles. The van der Waals surface area contributed by atoms with E-state index in [-0.39, 0.29) is 0 Å². The van der Waals surface area contributed by atoms with E-state index < -0.39 is 0 Å². The SMILES string of the molecule is CNCCNCC[N+](C)(CCOCCNC)CCOCCOC. The molecule has 1 atom stereocenters. The van der Waals surface area contributed by atoms with Gasteiger partial charge in [0.25, 0.3) is 0 Å². The van der Waals surface area contributed by atoms with Crippen LogP contribution in [0.1, 0.15) is 0 Å². The third-order valence-electron chi connectivity index (χ3n) is 3.86. The molecule has 0 aromatic carbocycles. The molecule has 0 saturated heterocycles. The molecule has 0 bridgehead atoms. The Bertz CT molecular complexity index is 209. The lowest BCUT2D eigenvalue weighted by Gasteiger charge is -2.34. The van der Waals surface area contributed by atoms with Gasteiger partial charge in [0.2, 0.25) is 0 Å². The maximum atomic E-state index is 5.69. The second-order valence-corrected chi connectivity index (χ2v) is 5.96. The Kier molecular flexibility index (Phi) is 16.4. The van der Waals surface area contributed by atoms with Crippen LogP contribution in [0.3, 0.4) is 0 Å². The molecule has 0 rings (SSSR count). The van der Waals surface area contributed by atoms with Gasteiger partial charge in [-0.25, -0.2) is 0 Å². The van der Waals surface area contributed by atoms with Crippen LogP contribution in [-0.4, -0.2) is 112 Å². The number of rotatable bonds is 18. The first kappa shape index (κ1) is 22.7. The average Bonchev–Trinajstić information content (AvgIpc) is 2.54. The lowest BCUT2D eigenvalue weighted by atomic mass is 10.3. The molecule has 0 aromatic rings. The van der Waals surface area contributed by atoms with Gasteiger partial charge in [-0.1, -0.05) is 0 Å². The number of nitrogens with one attached hydrogen (secondary N) is 3. The van der Waals surface area contributed by atoms with Gasteiger partial charge in [-0.05, 0) is 14.1 Å². The second kappa shape index (κ2) is 16.6. The Hall–Kier alpha value is -0.280. The highest BCUT2D eigenvalue weighted by Crippen LogP contribution is 2.02. The molecular weight excluding hydrogens is 296 g/mol. The molecule has 0 aromatic heterocycles. The summed E-state index contributed by atoms with van der Waals surface area (Å²) >= 11 is 0. The van der Waals surface area contributed by atoms with Crippen LogP contribution < -0.4 is 16.0 Å². The minimum atomic E-state index is 0.655. The molecule has 3 N–H and O–H groups in total.